The molecule has 0 aliphatic heterocycles. The van der Waals surface area contributed by atoms with Crippen molar-refractivity contribution in [3.05, 3.63) is 81.3 Å². The van der Waals surface area contributed by atoms with E-state index in [9.17, 15) is 9.59 Å². The molecule has 1 aliphatic rings. The van der Waals surface area contributed by atoms with Crippen molar-refractivity contribution in [3.63, 3.8) is 0 Å². The molecular formula is C22H12Cl2N2O3. The molecule has 3 aromatic heterocycles. The van der Waals surface area contributed by atoms with E-state index >= 15 is 0 Å². The summed E-state index contributed by atoms with van der Waals surface area (Å²) in [7, 11) is 1.92. The molecule has 1 aliphatic carbocycles. The molecule has 1 aromatic carbocycles. The Morgan fingerprint density at radius 1 is 1.03 bits per heavy atom. The maximum absolute atomic E-state index is 12.7. The molecule has 4 aromatic rings. The summed E-state index contributed by atoms with van der Waals surface area (Å²) in [6, 6.07) is 10.4. The molecule has 5 rings (SSSR count). The molecule has 0 bridgehead atoms. The molecule has 29 heavy (non-hydrogen) atoms. The van der Waals surface area contributed by atoms with Gasteiger partial charge in [-0.3, -0.25) is 14.6 Å². The first-order valence-corrected chi connectivity index (χ1v) is 9.49. The first-order chi connectivity index (χ1) is 13.9. The van der Waals surface area contributed by atoms with Gasteiger partial charge < -0.3 is 8.98 Å². The van der Waals surface area contributed by atoms with Gasteiger partial charge >= 0.3 is 0 Å². The number of nitrogens with zero attached hydrogens (tertiary/aromatic N) is 2. The third-order valence-electron chi connectivity index (χ3n) is 5.03. The number of allylic oxidation sites excluding steroid dienone is 1. The molecule has 0 spiro atoms. The molecule has 0 radical (unpaired) electrons. The van der Waals surface area contributed by atoms with Crippen LogP contribution in [0.15, 0.2) is 58.8 Å². The zero-order valence-corrected chi connectivity index (χ0v) is 16.6. The zero-order valence-electron chi connectivity index (χ0n) is 15.1. The predicted molar refractivity (Wildman–Crippen MR) is 112 cm³/mol. The SMILES string of the molecule is Cn1c(-c2cccnc2)cc2oc(C=C3C(=O)c4cc(Cl)c(Cl)cc4C3=O)cc21. The second-order valence-electron chi connectivity index (χ2n) is 6.76. The molecule has 142 valence electrons. The molecule has 5 nitrogen and oxygen atoms in total. The standard InChI is InChI=1S/C22H12Cl2N2O3/c1-26-18(11-3-2-4-25-10-11)9-20-19(26)6-12(29-20)5-15-21(27)13-7-16(23)17(24)8-14(13)22(15)28/h2-10H,1H3. The van der Waals surface area contributed by atoms with Crippen LogP contribution in [0.2, 0.25) is 10.0 Å². The molecule has 0 saturated carbocycles. The van der Waals surface area contributed by atoms with E-state index in [-0.39, 0.29) is 38.3 Å². The fourth-order valence-electron chi connectivity index (χ4n) is 3.58. The lowest BCUT2D eigenvalue weighted by Crippen LogP contribution is -1.99. The smallest absolute Gasteiger partial charge is 0.197 e. The summed E-state index contributed by atoms with van der Waals surface area (Å²) in [6.45, 7) is 0. The van der Waals surface area contributed by atoms with Crippen LogP contribution in [0.25, 0.3) is 28.4 Å². The van der Waals surface area contributed by atoms with Crippen molar-refractivity contribution >= 4 is 51.9 Å². The van der Waals surface area contributed by atoms with Crippen LogP contribution in [-0.4, -0.2) is 21.1 Å². The van der Waals surface area contributed by atoms with Gasteiger partial charge in [0.15, 0.2) is 17.1 Å². The number of carbonyl (C=O) groups is 2. The van der Waals surface area contributed by atoms with Gasteiger partial charge in [0.1, 0.15) is 5.76 Å². The fraction of sp³-hybridized carbons (Fsp3) is 0.0455. The second-order valence-corrected chi connectivity index (χ2v) is 7.57. The number of carbonyl (C=O) groups excluding carboxylic acids is 2. The topological polar surface area (TPSA) is 65.1 Å². The minimum atomic E-state index is -0.389. The number of hydrogen-bond acceptors (Lipinski definition) is 4. The average Bonchev–Trinajstić information content (AvgIpc) is 3.32. The molecule has 0 unspecified atom stereocenters. The van der Waals surface area contributed by atoms with Crippen LogP contribution >= 0.6 is 23.2 Å². The number of ketones is 2. The highest BCUT2D eigenvalue weighted by Gasteiger charge is 2.34. The largest absolute Gasteiger partial charge is 0.455 e. The predicted octanol–water partition coefficient (Wildman–Crippen LogP) is 5.60. The minimum absolute atomic E-state index is 0.0323. The van der Waals surface area contributed by atoms with Crippen LogP contribution in [-0.2, 0) is 7.05 Å². The summed E-state index contributed by atoms with van der Waals surface area (Å²) in [5, 5.41) is 0.471. The molecule has 0 fully saturated rings. The van der Waals surface area contributed by atoms with Gasteiger partial charge in [-0.25, -0.2) is 0 Å². The highest BCUT2D eigenvalue weighted by atomic mass is 35.5. The summed E-state index contributed by atoms with van der Waals surface area (Å²) in [5.41, 5.74) is 3.96. The Kier molecular flexibility index (Phi) is 3.98. The lowest BCUT2D eigenvalue weighted by atomic mass is 10.1. The van der Waals surface area contributed by atoms with E-state index in [2.05, 4.69) is 4.98 Å². The normalized spacial score (nSPS) is 13.4. The summed E-state index contributed by atoms with van der Waals surface area (Å²) in [4.78, 5) is 29.5. The Hall–Kier alpha value is -3.15. The first-order valence-electron chi connectivity index (χ1n) is 8.74. The molecule has 0 atom stereocenters. The zero-order chi connectivity index (χ0) is 20.3. The summed E-state index contributed by atoms with van der Waals surface area (Å²) in [5.74, 6) is -0.356. The number of furan rings is 1. The highest BCUT2D eigenvalue weighted by molar-refractivity contribution is 6.46. The fourth-order valence-corrected chi connectivity index (χ4v) is 3.91. The molecule has 0 N–H and O–H groups in total. The van der Waals surface area contributed by atoms with E-state index < -0.39 is 0 Å². The lowest BCUT2D eigenvalue weighted by molar-refractivity contribution is 0.0990. The van der Waals surface area contributed by atoms with Crippen molar-refractivity contribution in [2.75, 3.05) is 0 Å². The number of hydrogen-bond donors (Lipinski definition) is 0. The Morgan fingerprint density at radius 3 is 2.31 bits per heavy atom. The Bertz CT molecular complexity index is 1320. The van der Waals surface area contributed by atoms with Crippen LogP contribution < -0.4 is 0 Å². The number of benzene rings is 1. The van der Waals surface area contributed by atoms with Crippen molar-refractivity contribution in [2.24, 2.45) is 7.05 Å². The second kappa shape index (κ2) is 6.44. The molecule has 0 saturated heterocycles. The number of pyridine rings is 1. The quantitative estimate of drug-likeness (QED) is 0.311. The Balaban J connectivity index is 1.56. The van der Waals surface area contributed by atoms with Gasteiger partial charge in [-0.05, 0) is 30.3 Å². The minimum Gasteiger partial charge on any atom is -0.455 e. The average molecular weight is 423 g/mol. The van der Waals surface area contributed by atoms with Gasteiger partial charge in [-0.1, -0.05) is 23.2 Å². The van der Waals surface area contributed by atoms with Crippen LogP contribution in [0, 0.1) is 0 Å². The van der Waals surface area contributed by atoms with Crippen molar-refractivity contribution in [1.29, 1.82) is 0 Å². The number of Topliss-reactive ketones (excluding diaryl/α,β-unsaturated/α-hetero) is 2. The van der Waals surface area contributed by atoms with Crippen molar-refractivity contribution in [2.45, 2.75) is 0 Å². The number of rotatable bonds is 2. The van der Waals surface area contributed by atoms with Gasteiger partial charge in [-0.15, -0.1) is 0 Å². The molecule has 3 heterocycles. The number of aryl methyl sites for hydroxylation is 1. The summed E-state index contributed by atoms with van der Waals surface area (Å²) in [6.07, 6.45) is 4.96. The third kappa shape index (κ3) is 2.74. The van der Waals surface area contributed by atoms with Gasteiger partial charge in [-0.2, -0.15) is 0 Å². The highest BCUT2D eigenvalue weighted by Crippen LogP contribution is 2.35. The third-order valence-corrected chi connectivity index (χ3v) is 5.75. The van der Waals surface area contributed by atoms with E-state index in [0.29, 0.717) is 11.3 Å². The summed E-state index contributed by atoms with van der Waals surface area (Å²) >= 11 is 12.0. The monoisotopic (exact) mass is 422 g/mol. The van der Waals surface area contributed by atoms with E-state index in [1.807, 2.05) is 29.8 Å². The Morgan fingerprint density at radius 2 is 1.72 bits per heavy atom. The van der Waals surface area contributed by atoms with E-state index in [4.69, 9.17) is 27.6 Å². The maximum Gasteiger partial charge on any atom is 0.197 e. The van der Waals surface area contributed by atoms with E-state index in [1.165, 1.54) is 18.2 Å². The van der Waals surface area contributed by atoms with E-state index in [1.54, 1.807) is 18.5 Å². The first kappa shape index (κ1) is 17.9. The van der Waals surface area contributed by atoms with E-state index in [0.717, 1.165) is 16.8 Å². The van der Waals surface area contributed by atoms with Crippen molar-refractivity contribution in [1.82, 2.24) is 9.55 Å². The van der Waals surface area contributed by atoms with Crippen LogP contribution in [0.5, 0.6) is 0 Å². The van der Waals surface area contributed by atoms with Gasteiger partial charge in [0.05, 0.1) is 26.8 Å². The molecular weight excluding hydrogens is 411 g/mol. The van der Waals surface area contributed by atoms with Crippen LogP contribution in [0.1, 0.15) is 26.5 Å². The van der Waals surface area contributed by atoms with Crippen molar-refractivity contribution in [3.8, 4) is 11.3 Å². The number of halogens is 2. The number of fused-ring (bicyclic) bond motifs is 2. The number of aromatic nitrogens is 2. The molecule has 0 amide bonds. The van der Waals surface area contributed by atoms with Crippen LogP contribution in [0.4, 0.5) is 0 Å². The maximum atomic E-state index is 12.7. The van der Waals surface area contributed by atoms with Gasteiger partial charge in [0.25, 0.3) is 0 Å². The van der Waals surface area contributed by atoms with Gasteiger partial charge in [0.2, 0.25) is 0 Å². The van der Waals surface area contributed by atoms with Gasteiger partial charge in [0, 0.05) is 48.3 Å². The van der Waals surface area contributed by atoms with Crippen molar-refractivity contribution < 1.29 is 14.0 Å². The lowest BCUT2D eigenvalue weighted by Gasteiger charge is -2.02. The van der Waals surface area contributed by atoms with Crippen LogP contribution in [0.3, 0.4) is 0 Å². The Labute approximate surface area is 175 Å². The summed E-state index contributed by atoms with van der Waals surface area (Å²) < 4.78 is 7.86. The molecule has 7 heteroatoms.